The molecule has 1 aliphatic heterocycles. The van der Waals surface area contributed by atoms with Gasteiger partial charge in [0.15, 0.2) is 0 Å². The van der Waals surface area contributed by atoms with E-state index in [4.69, 9.17) is 5.11 Å². The van der Waals surface area contributed by atoms with E-state index >= 15 is 0 Å². The standard InChI is InChI=1S/C4H6O.C3H6O2/c1-3-5-4-2;4-1-3-2-5-3/h2*3-4H,1-2H2. The summed E-state index contributed by atoms with van der Waals surface area (Å²) in [7, 11) is 0. The van der Waals surface area contributed by atoms with Crippen LogP contribution in [-0.2, 0) is 9.47 Å². The van der Waals surface area contributed by atoms with E-state index in [0.29, 0.717) is 0 Å². The Morgan fingerprint density at radius 3 is 2.10 bits per heavy atom. The highest BCUT2D eigenvalue weighted by Gasteiger charge is 2.19. The Balaban J connectivity index is 0.000000162. The predicted molar refractivity (Wildman–Crippen MR) is 38.3 cm³/mol. The highest BCUT2D eigenvalue weighted by atomic mass is 16.6. The number of aliphatic hydroxyl groups excluding tert-OH is 1. The summed E-state index contributed by atoms with van der Waals surface area (Å²) >= 11 is 0. The van der Waals surface area contributed by atoms with Crippen LogP contribution in [0.1, 0.15) is 0 Å². The maximum absolute atomic E-state index is 8.08. The van der Waals surface area contributed by atoms with Crippen molar-refractivity contribution in [2.75, 3.05) is 13.2 Å². The van der Waals surface area contributed by atoms with Crippen LogP contribution >= 0.6 is 0 Å². The molecule has 0 spiro atoms. The van der Waals surface area contributed by atoms with Crippen LogP contribution in [0.5, 0.6) is 0 Å². The fourth-order valence-corrected chi connectivity index (χ4v) is 0.241. The van der Waals surface area contributed by atoms with Gasteiger partial charge in [0.25, 0.3) is 0 Å². The molecule has 0 saturated carbocycles. The largest absolute Gasteiger partial charge is 0.474 e. The lowest BCUT2D eigenvalue weighted by Gasteiger charge is -1.76. The quantitative estimate of drug-likeness (QED) is 0.467. The van der Waals surface area contributed by atoms with Gasteiger partial charge in [-0.3, -0.25) is 0 Å². The summed E-state index contributed by atoms with van der Waals surface area (Å²) in [6, 6.07) is 0. The van der Waals surface area contributed by atoms with Crippen LogP contribution in [0.2, 0.25) is 0 Å². The smallest absolute Gasteiger partial charge is 0.104 e. The molecule has 1 unspecified atom stereocenters. The molecular formula is C7H12O3. The lowest BCUT2D eigenvalue weighted by atomic mass is 10.5. The van der Waals surface area contributed by atoms with Crippen molar-refractivity contribution < 1.29 is 14.6 Å². The molecule has 0 aromatic heterocycles. The van der Waals surface area contributed by atoms with E-state index in [2.05, 4.69) is 22.6 Å². The monoisotopic (exact) mass is 144 g/mol. The molecule has 1 heterocycles. The average molecular weight is 144 g/mol. The lowest BCUT2D eigenvalue weighted by molar-refractivity contribution is 0.244. The predicted octanol–water partition coefficient (Wildman–Crippen LogP) is 0.667. The SMILES string of the molecule is C=COC=C.OCC1CO1. The molecule has 1 atom stereocenters. The molecule has 0 aromatic carbocycles. The van der Waals surface area contributed by atoms with Gasteiger partial charge in [0.05, 0.1) is 25.7 Å². The summed E-state index contributed by atoms with van der Waals surface area (Å²) in [6.45, 7) is 7.47. The third-order valence-electron chi connectivity index (χ3n) is 0.798. The van der Waals surface area contributed by atoms with Crippen molar-refractivity contribution in [3.05, 3.63) is 25.7 Å². The zero-order valence-electron chi connectivity index (χ0n) is 5.82. The Hall–Kier alpha value is -0.800. The molecule has 0 aromatic rings. The van der Waals surface area contributed by atoms with E-state index in [9.17, 15) is 0 Å². The first-order valence-electron chi connectivity index (χ1n) is 2.95. The van der Waals surface area contributed by atoms with E-state index in [1.807, 2.05) is 0 Å². The molecule has 0 bridgehead atoms. The molecule has 0 aliphatic carbocycles. The first-order valence-corrected chi connectivity index (χ1v) is 2.95. The van der Waals surface area contributed by atoms with Gasteiger partial charge in [-0.1, -0.05) is 13.2 Å². The van der Waals surface area contributed by atoms with Crippen LogP contribution in [0, 0.1) is 0 Å². The number of hydrogen-bond acceptors (Lipinski definition) is 3. The Bertz CT molecular complexity index is 91.0. The Labute approximate surface area is 60.6 Å². The van der Waals surface area contributed by atoms with Crippen LogP contribution in [0.15, 0.2) is 25.7 Å². The van der Waals surface area contributed by atoms with Gasteiger partial charge in [-0.05, 0) is 0 Å². The van der Waals surface area contributed by atoms with Crippen molar-refractivity contribution in [3.63, 3.8) is 0 Å². The Morgan fingerprint density at radius 2 is 2.10 bits per heavy atom. The summed E-state index contributed by atoms with van der Waals surface area (Å²) < 4.78 is 8.97. The number of epoxide rings is 1. The Morgan fingerprint density at radius 1 is 1.60 bits per heavy atom. The minimum Gasteiger partial charge on any atom is -0.474 e. The van der Waals surface area contributed by atoms with Crippen molar-refractivity contribution in [1.82, 2.24) is 0 Å². The molecule has 1 fully saturated rings. The third kappa shape index (κ3) is 7.20. The topological polar surface area (TPSA) is 42.0 Å². The van der Waals surface area contributed by atoms with Gasteiger partial charge in [0.1, 0.15) is 6.10 Å². The molecule has 3 nitrogen and oxygen atoms in total. The maximum Gasteiger partial charge on any atom is 0.104 e. The zero-order valence-corrected chi connectivity index (χ0v) is 5.82. The maximum atomic E-state index is 8.08. The molecule has 1 rings (SSSR count). The van der Waals surface area contributed by atoms with Gasteiger partial charge in [-0.2, -0.15) is 0 Å². The van der Waals surface area contributed by atoms with Crippen molar-refractivity contribution in [3.8, 4) is 0 Å². The molecule has 1 saturated heterocycles. The number of hydrogen-bond donors (Lipinski definition) is 1. The molecule has 10 heavy (non-hydrogen) atoms. The second-order valence-electron chi connectivity index (χ2n) is 1.61. The molecule has 0 radical (unpaired) electrons. The van der Waals surface area contributed by atoms with E-state index in [1.54, 1.807) is 0 Å². The normalized spacial score (nSPS) is 19.9. The molecule has 3 heteroatoms. The van der Waals surface area contributed by atoms with Crippen LogP contribution in [-0.4, -0.2) is 24.4 Å². The number of rotatable bonds is 3. The van der Waals surface area contributed by atoms with Crippen LogP contribution in [0.3, 0.4) is 0 Å². The minimum atomic E-state index is 0.190. The fourth-order valence-electron chi connectivity index (χ4n) is 0.241. The van der Waals surface area contributed by atoms with Gasteiger partial charge < -0.3 is 14.6 Å². The van der Waals surface area contributed by atoms with Crippen molar-refractivity contribution in [2.24, 2.45) is 0 Å². The molecule has 1 N–H and O–H groups in total. The molecule has 58 valence electrons. The van der Waals surface area contributed by atoms with E-state index in [-0.39, 0.29) is 12.7 Å². The summed E-state index contributed by atoms with van der Waals surface area (Å²) in [4.78, 5) is 0. The second kappa shape index (κ2) is 6.32. The van der Waals surface area contributed by atoms with Gasteiger partial charge in [-0.25, -0.2) is 0 Å². The second-order valence-corrected chi connectivity index (χ2v) is 1.61. The van der Waals surface area contributed by atoms with Crippen molar-refractivity contribution in [2.45, 2.75) is 6.10 Å². The van der Waals surface area contributed by atoms with E-state index < -0.39 is 0 Å². The van der Waals surface area contributed by atoms with Gasteiger partial charge >= 0.3 is 0 Å². The number of aliphatic hydroxyl groups is 1. The van der Waals surface area contributed by atoms with Crippen LogP contribution in [0.4, 0.5) is 0 Å². The summed E-state index contributed by atoms with van der Waals surface area (Å²) in [5.41, 5.74) is 0. The van der Waals surface area contributed by atoms with Crippen molar-refractivity contribution in [1.29, 1.82) is 0 Å². The number of ether oxygens (including phenoxy) is 2. The average Bonchev–Trinajstić information content (AvgIpc) is 2.72. The Kier molecular flexibility index (Phi) is 5.82. The van der Waals surface area contributed by atoms with Crippen LogP contribution < -0.4 is 0 Å². The highest BCUT2D eigenvalue weighted by molar-refractivity contribution is 4.65. The highest BCUT2D eigenvalue weighted by Crippen LogP contribution is 2.04. The third-order valence-corrected chi connectivity index (χ3v) is 0.798. The van der Waals surface area contributed by atoms with Gasteiger partial charge in [0, 0.05) is 0 Å². The summed E-state index contributed by atoms with van der Waals surface area (Å²) in [5.74, 6) is 0. The van der Waals surface area contributed by atoms with Crippen molar-refractivity contribution >= 4 is 0 Å². The molecular weight excluding hydrogens is 132 g/mol. The lowest BCUT2D eigenvalue weighted by Crippen LogP contribution is -1.88. The zero-order chi connectivity index (χ0) is 7.82. The van der Waals surface area contributed by atoms with E-state index in [1.165, 1.54) is 12.5 Å². The fraction of sp³-hybridized carbons (Fsp3) is 0.429. The summed E-state index contributed by atoms with van der Waals surface area (Å²) in [6.07, 6.45) is 2.81. The van der Waals surface area contributed by atoms with Gasteiger partial charge in [0.2, 0.25) is 0 Å². The molecule has 1 aliphatic rings. The first-order chi connectivity index (χ1) is 4.85. The molecule has 0 amide bonds. The van der Waals surface area contributed by atoms with Crippen LogP contribution in [0.25, 0.3) is 0 Å². The summed E-state index contributed by atoms with van der Waals surface area (Å²) in [5, 5.41) is 8.08. The minimum absolute atomic E-state index is 0.190. The van der Waals surface area contributed by atoms with Gasteiger partial charge in [-0.15, -0.1) is 0 Å². The van der Waals surface area contributed by atoms with E-state index in [0.717, 1.165) is 6.61 Å². The first kappa shape index (κ1) is 9.20.